The molecule has 0 spiro atoms. The highest BCUT2D eigenvalue weighted by atomic mass is 79.9. The average Bonchev–Trinajstić information content (AvgIpc) is 2.18. The maximum Gasteiger partial charge on any atom is 0.252 e. The number of amides is 1. The van der Waals surface area contributed by atoms with Gasteiger partial charge in [-0.15, -0.1) is 0 Å². The zero-order valence-electron chi connectivity index (χ0n) is 8.68. The van der Waals surface area contributed by atoms with E-state index in [-0.39, 0.29) is 10.4 Å². The minimum Gasteiger partial charge on any atom is -0.352 e. The van der Waals surface area contributed by atoms with Gasteiger partial charge in [0.05, 0.1) is 10.0 Å². The number of carbonyl (C=O) groups is 1. The summed E-state index contributed by atoms with van der Waals surface area (Å²) < 4.78 is 13.3. The van der Waals surface area contributed by atoms with Crippen LogP contribution in [0.1, 0.15) is 24.2 Å². The molecule has 0 unspecified atom stereocenters. The largest absolute Gasteiger partial charge is 0.352 e. The molecule has 0 saturated carbocycles. The van der Waals surface area contributed by atoms with Crippen LogP contribution in [0.3, 0.4) is 0 Å². The summed E-state index contributed by atoms with van der Waals surface area (Å²) in [6.45, 7) is 4.59. The van der Waals surface area contributed by atoms with Crippen LogP contribution in [0, 0.1) is 11.7 Å². The molecule has 1 rings (SSSR count). The zero-order chi connectivity index (χ0) is 11.4. The first-order chi connectivity index (χ1) is 7.02. The molecule has 0 bridgehead atoms. The Labute approximate surface area is 97.0 Å². The van der Waals surface area contributed by atoms with Crippen molar-refractivity contribution in [3.63, 3.8) is 0 Å². The lowest BCUT2D eigenvalue weighted by Crippen LogP contribution is -2.27. The van der Waals surface area contributed by atoms with Crippen LogP contribution in [0.2, 0.25) is 0 Å². The van der Waals surface area contributed by atoms with Crippen molar-refractivity contribution in [2.45, 2.75) is 13.8 Å². The second kappa shape index (κ2) is 5.26. The van der Waals surface area contributed by atoms with E-state index in [1.165, 1.54) is 12.1 Å². The van der Waals surface area contributed by atoms with Gasteiger partial charge in [0.1, 0.15) is 5.82 Å². The van der Waals surface area contributed by atoms with E-state index in [9.17, 15) is 9.18 Å². The minimum atomic E-state index is -0.424. The quantitative estimate of drug-likeness (QED) is 0.902. The molecule has 0 heterocycles. The van der Waals surface area contributed by atoms with Crippen LogP contribution in [0.5, 0.6) is 0 Å². The molecule has 0 saturated heterocycles. The predicted octanol–water partition coefficient (Wildman–Crippen LogP) is 2.97. The fraction of sp³-hybridized carbons (Fsp3) is 0.364. The van der Waals surface area contributed by atoms with Gasteiger partial charge in [-0.2, -0.15) is 0 Å². The van der Waals surface area contributed by atoms with Crippen molar-refractivity contribution in [2.75, 3.05) is 6.54 Å². The normalized spacial score (nSPS) is 10.5. The molecule has 0 aliphatic rings. The number of hydrogen-bond acceptors (Lipinski definition) is 1. The summed E-state index contributed by atoms with van der Waals surface area (Å²) in [5, 5.41) is 2.73. The molecule has 1 aromatic rings. The maximum atomic E-state index is 13.1. The van der Waals surface area contributed by atoms with Gasteiger partial charge in [-0.1, -0.05) is 19.9 Å². The molecule has 0 radical (unpaired) electrons. The van der Waals surface area contributed by atoms with E-state index in [0.717, 1.165) is 0 Å². The first-order valence-electron chi connectivity index (χ1n) is 4.74. The Bertz CT molecular complexity index is 366. The van der Waals surface area contributed by atoms with Crippen LogP contribution in [0.15, 0.2) is 22.7 Å². The predicted molar refractivity (Wildman–Crippen MR) is 61.3 cm³/mol. The van der Waals surface area contributed by atoms with Crippen molar-refractivity contribution in [2.24, 2.45) is 5.92 Å². The van der Waals surface area contributed by atoms with E-state index in [2.05, 4.69) is 21.2 Å². The van der Waals surface area contributed by atoms with Crippen LogP contribution in [-0.2, 0) is 0 Å². The first-order valence-corrected chi connectivity index (χ1v) is 5.54. The average molecular weight is 274 g/mol. The fourth-order valence-corrected chi connectivity index (χ4v) is 1.52. The molecule has 1 aromatic carbocycles. The topological polar surface area (TPSA) is 29.1 Å². The van der Waals surface area contributed by atoms with E-state index in [0.29, 0.717) is 18.0 Å². The van der Waals surface area contributed by atoms with E-state index >= 15 is 0 Å². The smallest absolute Gasteiger partial charge is 0.252 e. The standard InChI is InChI=1S/C11H13BrFNO/c1-7(2)6-14-11(15)8-4-3-5-9(13)10(8)12/h3-5,7H,6H2,1-2H3,(H,14,15). The van der Waals surface area contributed by atoms with Crippen molar-refractivity contribution >= 4 is 21.8 Å². The minimum absolute atomic E-state index is 0.214. The first kappa shape index (κ1) is 12.2. The van der Waals surface area contributed by atoms with Crippen molar-refractivity contribution < 1.29 is 9.18 Å². The molecule has 0 atom stereocenters. The lowest BCUT2D eigenvalue weighted by atomic mass is 10.2. The highest BCUT2D eigenvalue weighted by Gasteiger charge is 2.12. The van der Waals surface area contributed by atoms with Crippen molar-refractivity contribution in [1.82, 2.24) is 5.32 Å². The summed E-state index contributed by atoms with van der Waals surface area (Å²) >= 11 is 3.05. The lowest BCUT2D eigenvalue weighted by molar-refractivity contribution is 0.0947. The molecule has 1 amide bonds. The van der Waals surface area contributed by atoms with E-state index in [4.69, 9.17) is 0 Å². The Morgan fingerprint density at radius 3 is 2.80 bits per heavy atom. The van der Waals surface area contributed by atoms with Gasteiger partial charge in [-0.3, -0.25) is 4.79 Å². The molecule has 0 aliphatic heterocycles. The molecule has 1 N–H and O–H groups in total. The number of benzene rings is 1. The van der Waals surface area contributed by atoms with E-state index in [1.54, 1.807) is 6.07 Å². The molecule has 0 aromatic heterocycles. The summed E-state index contributed by atoms with van der Waals surface area (Å²) in [6.07, 6.45) is 0. The SMILES string of the molecule is CC(C)CNC(=O)c1cccc(F)c1Br. The molecule has 82 valence electrons. The summed E-state index contributed by atoms with van der Waals surface area (Å²) in [6, 6.07) is 4.41. The number of halogens is 2. The molecule has 15 heavy (non-hydrogen) atoms. The van der Waals surface area contributed by atoms with Crippen molar-refractivity contribution in [3.05, 3.63) is 34.1 Å². The number of rotatable bonds is 3. The Morgan fingerprint density at radius 2 is 2.20 bits per heavy atom. The maximum absolute atomic E-state index is 13.1. The second-order valence-corrected chi connectivity index (χ2v) is 4.50. The number of nitrogens with one attached hydrogen (secondary N) is 1. The van der Waals surface area contributed by atoms with E-state index < -0.39 is 5.82 Å². The molecule has 0 aliphatic carbocycles. The van der Waals surface area contributed by atoms with Crippen molar-refractivity contribution in [3.8, 4) is 0 Å². The third kappa shape index (κ3) is 3.30. The molecule has 0 fully saturated rings. The molecular formula is C11H13BrFNO. The van der Waals surface area contributed by atoms with Gasteiger partial charge in [0, 0.05) is 6.54 Å². The van der Waals surface area contributed by atoms with Gasteiger partial charge in [0.2, 0.25) is 0 Å². The molecule has 4 heteroatoms. The van der Waals surface area contributed by atoms with Crippen molar-refractivity contribution in [1.29, 1.82) is 0 Å². The molecular weight excluding hydrogens is 261 g/mol. The Morgan fingerprint density at radius 1 is 1.53 bits per heavy atom. The number of hydrogen-bond donors (Lipinski definition) is 1. The third-order valence-corrected chi connectivity index (χ3v) is 2.67. The van der Waals surface area contributed by atoms with E-state index in [1.807, 2.05) is 13.8 Å². The Kier molecular flexibility index (Phi) is 4.27. The number of carbonyl (C=O) groups excluding carboxylic acids is 1. The van der Waals surface area contributed by atoms with Crippen LogP contribution in [-0.4, -0.2) is 12.5 Å². The van der Waals surface area contributed by atoms with Gasteiger partial charge in [0.25, 0.3) is 5.91 Å². The zero-order valence-corrected chi connectivity index (χ0v) is 10.3. The highest BCUT2D eigenvalue weighted by molar-refractivity contribution is 9.10. The van der Waals surface area contributed by atoms with Crippen LogP contribution >= 0.6 is 15.9 Å². The Balaban J connectivity index is 2.78. The summed E-state index contributed by atoms with van der Waals surface area (Å²) in [5.41, 5.74) is 0.329. The summed E-state index contributed by atoms with van der Waals surface area (Å²) in [7, 11) is 0. The summed E-state index contributed by atoms with van der Waals surface area (Å²) in [5.74, 6) is -0.302. The van der Waals surface area contributed by atoms with Crippen LogP contribution < -0.4 is 5.32 Å². The monoisotopic (exact) mass is 273 g/mol. The van der Waals surface area contributed by atoms with Gasteiger partial charge >= 0.3 is 0 Å². The third-order valence-electron chi connectivity index (χ3n) is 1.87. The van der Waals surface area contributed by atoms with Crippen LogP contribution in [0.4, 0.5) is 4.39 Å². The van der Waals surface area contributed by atoms with Gasteiger partial charge < -0.3 is 5.32 Å². The van der Waals surface area contributed by atoms with Gasteiger partial charge in [-0.05, 0) is 34.0 Å². The van der Waals surface area contributed by atoms with Gasteiger partial charge in [0.15, 0.2) is 0 Å². The second-order valence-electron chi connectivity index (χ2n) is 3.71. The van der Waals surface area contributed by atoms with Gasteiger partial charge in [-0.25, -0.2) is 4.39 Å². The summed E-state index contributed by atoms with van der Waals surface area (Å²) in [4.78, 5) is 11.6. The lowest BCUT2D eigenvalue weighted by Gasteiger charge is -2.08. The highest BCUT2D eigenvalue weighted by Crippen LogP contribution is 2.20. The fourth-order valence-electron chi connectivity index (χ4n) is 1.07. The molecule has 2 nitrogen and oxygen atoms in total. The Hall–Kier alpha value is -0.900. The van der Waals surface area contributed by atoms with Crippen LogP contribution in [0.25, 0.3) is 0 Å².